The van der Waals surface area contributed by atoms with E-state index in [0.717, 1.165) is 5.92 Å². The van der Waals surface area contributed by atoms with Crippen molar-refractivity contribution in [2.45, 2.75) is 44.4 Å². The van der Waals surface area contributed by atoms with E-state index in [2.05, 4.69) is 46.7 Å². The van der Waals surface area contributed by atoms with Crippen molar-refractivity contribution in [1.82, 2.24) is 4.72 Å². The molecule has 5 heteroatoms. The zero-order chi connectivity index (χ0) is 14.3. The first-order valence-corrected chi connectivity index (χ1v) is 10.0. The Hall–Kier alpha value is 0.190. The predicted molar refractivity (Wildman–Crippen MR) is 88.3 cm³/mol. The van der Waals surface area contributed by atoms with E-state index in [0.29, 0.717) is 23.3 Å². The summed E-state index contributed by atoms with van der Waals surface area (Å²) in [5, 5.41) is 6.11. The van der Waals surface area contributed by atoms with Crippen LogP contribution in [-0.2, 0) is 0 Å². The van der Waals surface area contributed by atoms with Crippen LogP contribution in [0.15, 0.2) is 22.2 Å². The van der Waals surface area contributed by atoms with Crippen LogP contribution in [0.4, 0.5) is 0 Å². The standard InChI is InChI=1S/C15H23BrN2OS/c1-8-3-11(16)4-10-5-15(6-12(8)10)7-13(15)14-9(2)20(17,19)18-14/h3-4,8-9,12-14,18-19H,5-7,17H2,1-2H3/t8-,9?,12-,13?,14?,15?/m0/s1. The molecule has 3 aliphatic carbocycles. The van der Waals surface area contributed by atoms with Crippen molar-refractivity contribution in [1.29, 1.82) is 0 Å². The molecule has 4 aliphatic rings. The molecular formula is C15H23BrN2OS. The maximum atomic E-state index is 9.97. The Bertz CT molecular complexity index is 532. The molecule has 4 N–H and O–H groups in total. The minimum Gasteiger partial charge on any atom is -0.325 e. The fourth-order valence-electron chi connectivity index (χ4n) is 4.76. The van der Waals surface area contributed by atoms with Gasteiger partial charge >= 0.3 is 0 Å². The van der Waals surface area contributed by atoms with E-state index in [9.17, 15) is 4.55 Å². The summed E-state index contributed by atoms with van der Waals surface area (Å²) in [6, 6.07) is 0.437. The van der Waals surface area contributed by atoms with Crippen LogP contribution in [0.25, 0.3) is 0 Å². The Morgan fingerprint density at radius 1 is 1.45 bits per heavy atom. The summed E-state index contributed by atoms with van der Waals surface area (Å²) < 4.78 is 14.5. The predicted octanol–water partition coefficient (Wildman–Crippen LogP) is 3.68. The molecule has 0 aromatic carbocycles. The van der Waals surface area contributed by atoms with Crippen molar-refractivity contribution in [2.75, 3.05) is 0 Å². The molecule has 1 spiro atoms. The lowest BCUT2D eigenvalue weighted by atomic mass is 9.85. The molecule has 1 aliphatic heterocycles. The van der Waals surface area contributed by atoms with Crippen molar-refractivity contribution in [3.63, 3.8) is 0 Å². The van der Waals surface area contributed by atoms with Gasteiger partial charge in [0.05, 0.1) is 0 Å². The van der Waals surface area contributed by atoms with Crippen molar-refractivity contribution >= 4 is 26.6 Å². The van der Waals surface area contributed by atoms with Gasteiger partial charge in [-0.1, -0.05) is 34.5 Å². The number of hydrogen-bond acceptors (Lipinski definition) is 3. The fourth-order valence-corrected chi connectivity index (χ4v) is 6.97. The Labute approximate surface area is 131 Å². The average Bonchev–Trinajstić information content (AvgIpc) is 2.89. The third-order valence-corrected chi connectivity index (χ3v) is 8.69. The van der Waals surface area contributed by atoms with Crippen molar-refractivity contribution < 1.29 is 4.55 Å². The summed E-state index contributed by atoms with van der Waals surface area (Å²) in [7, 11) is -1.99. The lowest BCUT2D eigenvalue weighted by molar-refractivity contribution is 0.342. The quantitative estimate of drug-likeness (QED) is 0.669. The van der Waals surface area contributed by atoms with E-state index >= 15 is 0 Å². The molecule has 0 bridgehead atoms. The fraction of sp³-hybridized carbons (Fsp3) is 0.733. The van der Waals surface area contributed by atoms with Crippen molar-refractivity contribution in [2.24, 2.45) is 28.3 Å². The highest BCUT2D eigenvalue weighted by atomic mass is 79.9. The Morgan fingerprint density at radius 3 is 2.85 bits per heavy atom. The molecule has 2 saturated carbocycles. The highest BCUT2D eigenvalue weighted by molar-refractivity contribution is 9.11. The van der Waals surface area contributed by atoms with Gasteiger partial charge in [0.2, 0.25) is 0 Å². The first-order valence-electron chi connectivity index (χ1n) is 7.50. The minimum absolute atomic E-state index is 0.241. The van der Waals surface area contributed by atoms with Crippen LogP contribution in [0.5, 0.6) is 0 Å². The molecule has 4 rings (SSSR count). The van der Waals surface area contributed by atoms with Crippen LogP contribution in [0.1, 0.15) is 33.1 Å². The smallest absolute Gasteiger partial charge is 0.0493 e. The Balaban J connectivity index is 1.50. The van der Waals surface area contributed by atoms with Gasteiger partial charge < -0.3 is 4.55 Å². The van der Waals surface area contributed by atoms with Gasteiger partial charge in [-0.2, -0.15) is 0 Å². The second-order valence-corrected chi connectivity index (χ2v) is 10.6. The van der Waals surface area contributed by atoms with Gasteiger partial charge in [0.25, 0.3) is 0 Å². The van der Waals surface area contributed by atoms with Gasteiger partial charge in [0.15, 0.2) is 0 Å². The first kappa shape index (κ1) is 13.8. The normalized spacial score (nSPS) is 60.1. The molecule has 3 fully saturated rings. The maximum absolute atomic E-state index is 9.97. The van der Waals surface area contributed by atoms with Gasteiger partial charge in [-0.3, -0.25) is 5.14 Å². The number of rotatable bonds is 1. The number of fused-ring (bicyclic) bond motifs is 1. The Morgan fingerprint density at radius 2 is 2.20 bits per heavy atom. The zero-order valence-electron chi connectivity index (χ0n) is 12.0. The average molecular weight is 359 g/mol. The Kier molecular flexibility index (Phi) is 2.86. The molecule has 0 radical (unpaired) electrons. The summed E-state index contributed by atoms with van der Waals surface area (Å²) in [6.45, 7) is 4.44. The van der Waals surface area contributed by atoms with Crippen LogP contribution in [-0.4, -0.2) is 15.8 Å². The molecule has 1 heterocycles. The van der Waals surface area contributed by atoms with Crippen molar-refractivity contribution in [3.8, 4) is 0 Å². The molecule has 7 atom stereocenters. The largest absolute Gasteiger partial charge is 0.325 e. The lowest BCUT2D eigenvalue weighted by Crippen LogP contribution is -2.61. The molecule has 0 aromatic rings. The van der Waals surface area contributed by atoms with Crippen molar-refractivity contribution in [3.05, 3.63) is 22.2 Å². The van der Waals surface area contributed by atoms with Gasteiger partial charge in [0, 0.05) is 15.8 Å². The summed E-state index contributed by atoms with van der Waals surface area (Å²) in [5.74, 6) is 2.10. The van der Waals surface area contributed by atoms with E-state index in [1.807, 2.05) is 0 Å². The molecule has 5 unspecified atom stereocenters. The van der Waals surface area contributed by atoms with E-state index in [-0.39, 0.29) is 5.25 Å². The first-order chi connectivity index (χ1) is 9.32. The van der Waals surface area contributed by atoms with Crippen LogP contribution in [0.2, 0.25) is 0 Å². The molecule has 0 amide bonds. The number of allylic oxidation sites excluding steroid dienone is 4. The van der Waals surface area contributed by atoms with Crippen LogP contribution in [0.3, 0.4) is 0 Å². The highest BCUT2D eigenvalue weighted by Gasteiger charge is 2.66. The summed E-state index contributed by atoms with van der Waals surface area (Å²) >= 11 is 3.64. The molecule has 0 aromatic heterocycles. The minimum atomic E-state index is -1.99. The monoisotopic (exact) mass is 358 g/mol. The highest BCUT2D eigenvalue weighted by Crippen LogP contribution is 2.71. The number of hydrogen-bond donors (Lipinski definition) is 3. The van der Waals surface area contributed by atoms with E-state index < -0.39 is 10.7 Å². The van der Waals surface area contributed by atoms with Gasteiger partial charge in [0.1, 0.15) is 0 Å². The van der Waals surface area contributed by atoms with E-state index in [4.69, 9.17) is 5.14 Å². The van der Waals surface area contributed by atoms with Crippen LogP contribution >= 0.6 is 26.6 Å². The van der Waals surface area contributed by atoms with E-state index in [1.54, 1.807) is 5.57 Å². The molecule has 20 heavy (non-hydrogen) atoms. The van der Waals surface area contributed by atoms with Gasteiger partial charge in [-0.05, 0) is 66.1 Å². The van der Waals surface area contributed by atoms with Crippen LogP contribution in [0, 0.1) is 23.2 Å². The summed E-state index contributed by atoms with van der Waals surface area (Å²) in [6.07, 6.45) is 8.57. The summed E-state index contributed by atoms with van der Waals surface area (Å²) in [5.41, 5.74) is 2.13. The maximum Gasteiger partial charge on any atom is 0.0493 e. The second kappa shape index (κ2) is 4.13. The molecular weight excluding hydrogens is 336 g/mol. The second-order valence-electron chi connectivity index (χ2n) is 7.31. The molecule has 1 saturated heterocycles. The number of nitrogens with two attached hydrogens (primary N) is 1. The topological polar surface area (TPSA) is 58.3 Å². The zero-order valence-corrected chi connectivity index (χ0v) is 14.4. The number of halogens is 1. The summed E-state index contributed by atoms with van der Waals surface area (Å²) in [4.78, 5) is 0. The SMILES string of the molecule is CC1C(C2CC23CC2=CC(Br)=C[C@H](C)[C@@H]2C3)NS1(N)O. The lowest BCUT2D eigenvalue weighted by Gasteiger charge is -2.53. The van der Waals surface area contributed by atoms with Gasteiger partial charge in [-0.15, -0.1) is 0 Å². The van der Waals surface area contributed by atoms with Gasteiger partial charge in [-0.25, -0.2) is 4.72 Å². The third kappa shape index (κ3) is 1.83. The molecule has 112 valence electrons. The molecule has 3 nitrogen and oxygen atoms in total. The van der Waals surface area contributed by atoms with Crippen LogP contribution < -0.4 is 9.86 Å². The van der Waals surface area contributed by atoms with E-state index in [1.165, 1.54) is 23.7 Å². The number of nitrogens with one attached hydrogen (secondary N) is 1. The third-order valence-electron chi connectivity index (χ3n) is 6.12.